The van der Waals surface area contributed by atoms with Gasteiger partial charge < -0.3 is 15.3 Å². The number of benzene rings is 1. The Bertz CT molecular complexity index is 465. The quantitative estimate of drug-likeness (QED) is 0.814. The van der Waals surface area contributed by atoms with E-state index < -0.39 is 6.10 Å². The van der Waals surface area contributed by atoms with Crippen LogP contribution >= 0.6 is 11.6 Å². The molecule has 1 aliphatic heterocycles. The summed E-state index contributed by atoms with van der Waals surface area (Å²) in [5.74, 6) is 0.386. The van der Waals surface area contributed by atoms with Gasteiger partial charge in [-0.3, -0.25) is 4.79 Å². The van der Waals surface area contributed by atoms with Crippen LogP contribution < -0.4 is 10.2 Å². The number of alkyl halides is 1. The molecule has 2 rings (SSSR count). The highest BCUT2D eigenvalue weighted by Crippen LogP contribution is 2.28. The molecule has 4 nitrogen and oxygen atoms in total. The highest BCUT2D eigenvalue weighted by molar-refractivity contribution is 6.18. The lowest BCUT2D eigenvalue weighted by molar-refractivity contribution is -0.117. The minimum Gasteiger partial charge on any atom is -0.390 e. The van der Waals surface area contributed by atoms with E-state index in [1.165, 1.54) is 0 Å². The lowest BCUT2D eigenvalue weighted by Gasteiger charge is -2.20. The van der Waals surface area contributed by atoms with Crippen molar-refractivity contribution in [2.75, 3.05) is 29.2 Å². The largest absolute Gasteiger partial charge is 0.390 e. The molecule has 0 spiro atoms. The molecular weight excluding hydrogens is 264 g/mol. The summed E-state index contributed by atoms with van der Waals surface area (Å²) in [6.07, 6.45) is 0.975. The van der Waals surface area contributed by atoms with Crippen LogP contribution in [0.25, 0.3) is 0 Å². The van der Waals surface area contributed by atoms with E-state index in [1.807, 2.05) is 30.0 Å². The second kappa shape index (κ2) is 6.26. The van der Waals surface area contributed by atoms with E-state index in [4.69, 9.17) is 11.6 Å². The number of hydrogen-bond donors (Lipinski definition) is 2. The molecule has 1 atom stereocenters. The molecule has 1 aromatic rings. The maximum absolute atomic E-state index is 11.8. The van der Waals surface area contributed by atoms with Gasteiger partial charge in [-0.15, -0.1) is 11.6 Å². The fourth-order valence-corrected chi connectivity index (χ4v) is 2.31. The fraction of sp³-hybridized carbons (Fsp3) is 0.500. The van der Waals surface area contributed by atoms with Crippen molar-refractivity contribution in [2.24, 2.45) is 0 Å². The third-order valence-electron chi connectivity index (χ3n) is 3.29. The normalized spacial score (nSPS) is 16.8. The molecule has 104 valence electrons. The van der Waals surface area contributed by atoms with Crippen LogP contribution in [0.1, 0.15) is 18.4 Å². The van der Waals surface area contributed by atoms with Gasteiger partial charge in [-0.1, -0.05) is 6.07 Å². The van der Waals surface area contributed by atoms with E-state index in [1.54, 1.807) is 0 Å². The predicted octanol–water partition coefficient (Wildman–Crippen LogP) is 2.13. The second-order valence-corrected chi connectivity index (χ2v) is 5.15. The zero-order valence-corrected chi connectivity index (χ0v) is 11.8. The first-order chi connectivity index (χ1) is 9.11. The standard InChI is InChI=1S/C14H19ClN2O2/c1-10-4-5-11(16-9-12(18)8-15)7-13(10)17-6-2-3-14(17)19/h4-5,7,12,16,18H,2-3,6,8-9H2,1H3. The molecule has 1 fully saturated rings. The average molecular weight is 283 g/mol. The zero-order valence-electron chi connectivity index (χ0n) is 11.0. The Labute approximate surface area is 118 Å². The Morgan fingerprint density at radius 2 is 2.32 bits per heavy atom. The van der Waals surface area contributed by atoms with Gasteiger partial charge >= 0.3 is 0 Å². The first kappa shape index (κ1) is 14.2. The van der Waals surface area contributed by atoms with Crippen LogP contribution in [0.2, 0.25) is 0 Å². The van der Waals surface area contributed by atoms with Crippen molar-refractivity contribution in [1.82, 2.24) is 0 Å². The van der Waals surface area contributed by atoms with Crippen LogP contribution in [0.4, 0.5) is 11.4 Å². The van der Waals surface area contributed by atoms with Gasteiger partial charge in [0.2, 0.25) is 5.91 Å². The van der Waals surface area contributed by atoms with Gasteiger partial charge in [0.05, 0.1) is 12.0 Å². The van der Waals surface area contributed by atoms with Gasteiger partial charge in [-0.05, 0) is 31.0 Å². The molecule has 1 heterocycles. The summed E-state index contributed by atoms with van der Waals surface area (Å²) in [6.45, 7) is 3.19. The number of aliphatic hydroxyl groups excluding tert-OH is 1. The Morgan fingerprint density at radius 3 is 2.95 bits per heavy atom. The highest BCUT2D eigenvalue weighted by atomic mass is 35.5. The van der Waals surface area contributed by atoms with Gasteiger partial charge in [0, 0.05) is 30.9 Å². The monoisotopic (exact) mass is 282 g/mol. The molecule has 0 saturated carbocycles. The summed E-state index contributed by atoms with van der Waals surface area (Å²) in [7, 11) is 0. The number of carbonyl (C=O) groups is 1. The Balaban J connectivity index is 2.13. The number of hydrogen-bond acceptors (Lipinski definition) is 3. The number of halogens is 1. The number of aryl methyl sites for hydroxylation is 1. The van der Waals surface area contributed by atoms with Gasteiger partial charge in [-0.2, -0.15) is 0 Å². The molecule has 1 saturated heterocycles. The molecule has 2 N–H and O–H groups in total. The lowest BCUT2D eigenvalue weighted by Crippen LogP contribution is -2.25. The number of amides is 1. The molecule has 5 heteroatoms. The molecule has 0 radical (unpaired) electrons. The van der Waals surface area contributed by atoms with Crippen molar-refractivity contribution < 1.29 is 9.90 Å². The van der Waals surface area contributed by atoms with Crippen LogP contribution in [0.3, 0.4) is 0 Å². The van der Waals surface area contributed by atoms with E-state index in [9.17, 15) is 9.90 Å². The lowest BCUT2D eigenvalue weighted by atomic mass is 10.1. The van der Waals surface area contributed by atoms with Crippen molar-refractivity contribution in [3.8, 4) is 0 Å². The van der Waals surface area contributed by atoms with Gasteiger partial charge in [0.25, 0.3) is 0 Å². The Kier molecular flexibility index (Phi) is 4.66. The molecule has 1 unspecified atom stereocenters. The maximum Gasteiger partial charge on any atom is 0.227 e. The van der Waals surface area contributed by atoms with Crippen LogP contribution in [0.5, 0.6) is 0 Å². The summed E-state index contributed by atoms with van der Waals surface area (Å²) < 4.78 is 0. The summed E-state index contributed by atoms with van der Waals surface area (Å²) in [5, 5.41) is 12.6. The number of nitrogens with one attached hydrogen (secondary N) is 1. The van der Waals surface area contributed by atoms with Crippen LogP contribution in [-0.2, 0) is 4.79 Å². The van der Waals surface area contributed by atoms with E-state index in [0.717, 1.165) is 29.9 Å². The van der Waals surface area contributed by atoms with Crippen LogP contribution in [-0.4, -0.2) is 36.1 Å². The minimum atomic E-state index is -0.570. The van der Waals surface area contributed by atoms with Gasteiger partial charge in [0.1, 0.15) is 0 Å². The van der Waals surface area contributed by atoms with Crippen molar-refractivity contribution in [2.45, 2.75) is 25.9 Å². The van der Waals surface area contributed by atoms with Gasteiger partial charge in [-0.25, -0.2) is 0 Å². The minimum absolute atomic E-state index is 0.182. The third-order valence-corrected chi connectivity index (χ3v) is 3.65. The maximum atomic E-state index is 11.8. The van der Waals surface area contributed by atoms with E-state index >= 15 is 0 Å². The Morgan fingerprint density at radius 1 is 1.53 bits per heavy atom. The molecule has 0 aromatic heterocycles. The summed E-state index contributed by atoms with van der Waals surface area (Å²) in [4.78, 5) is 13.6. The van der Waals surface area contributed by atoms with Crippen LogP contribution in [0, 0.1) is 6.92 Å². The van der Waals surface area contributed by atoms with Crippen LogP contribution in [0.15, 0.2) is 18.2 Å². The summed E-state index contributed by atoms with van der Waals surface area (Å²) >= 11 is 5.55. The first-order valence-corrected chi connectivity index (χ1v) is 7.04. The molecular formula is C14H19ClN2O2. The molecule has 1 aromatic carbocycles. The van der Waals surface area contributed by atoms with Crippen molar-refractivity contribution in [3.63, 3.8) is 0 Å². The number of aliphatic hydroxyl groups is 1. The first-order valence-electron chi connectivity index (χ1n) is 6.50. The topological polar surface area (TPSA) is 52.6 Å². The van der Waals surface area contributed by atoms with E-state index in [0.29, 0.717) is 13.0 Å². The zero-order chi connectivity index (χ0) is 13.8. The number of nitrogens with zero attached hydrogens (tertiary/aromatic N) is 1. The molecule has 19 heavy (non-hydrogen) atoms. The second-order valence-electron chi connectivity index (χ2n) is 4.84. The number of rotatable bonds is 5. The molecule has 1 aliphatic rings. The van der Waals surface area contributed by atoms with Crippen molar-refractivity contribution in [3.05, 3.63) is 23.8 Å². The van der Waals surface area contributed by atoms with Gasteiger partial charge in [0.15, 0.2) is 0 Å². The van der Waals surface area contributed by atoms with E-state index in [-0.39, 0.29) is 11.8 Å². The SMILES string of the molecule is Cc1ccc(NCC(O)CCl)cc1N1CCCC1=O. The average Bonchev–Trinajstić information content (AvgIpc) is 2.83. The number of carbonyl (C=O) groups excluding carboxylic acids is 1. The summed E-state index contributed by atoms with van der Waals surface area (Å²) in [6, 6.07) is 5.89. The summed E-state index contributed by atoms with van der Waals surface area (Å²) in [5.41, 5.74) is 2.93. The van der Waals surface area contributed by atoms with Crippen molar-refractivity contribution >= 4 is 28.9 Å². The third kappa shape index (κ3) is 3.39. The Hall–Kier alpha value is -1.26. The number of anilines is 2. The fourth-order valence-electron chi connectivity index (χ4n) is 2.20. The highest BCUT2D eigenvalue weighted by Gasteiger charge is 2.23. The molecule has 1 amide bonds. The molecule has 0 bridgehead atoms. The molecule has 0 aliphatic carbocycles. The smallest absolute Gasteiger partial charge is 0.227 e. The predicted molar refractivity (Wildman–Crippen MR) is 78.0 cm³/mol. The van der Waals surface area contributed by atoms with E-state index in [2.05, 4.69) is 5.32 Å². The van der Waals surface area contributed by atoms with Crippen molar-refractivity contribution in [1.29, 1.82) is 0 Å².